The number of hydrogen-bond donors (Lipinski definition) is 1. The first kappa shape index (κ1) is 13.1. The summed E-state index contributed by atoms with van der Waals surface area (Å²) in [5.41, 5.74) is 0. The van der Waals surface area contributed by atoms with Crippen molar-refractivity contribution in [1.82, 2.24) is 4.72 Å². The molecule has 0 heterocycles. The molecule has 0 aromatic rings. The highest BCUT2D eigenvalue weighted by Crippen LogP contribution is 2.05. The average Bonchev–Trinajstić information content (AvgIpc) is 2.04. The Bertz CT molecular complexity index is 316. The van der Waals surface area contributed by atoms with E-state index in [1.807, 2.05) is 0 Å². The lowest BCUT2D eigenvalue weighted by molar-refractivity contribution is 0.554. The van der Waals surface area contributed by atoms with Gasteiger partial charge in [0.05, 0.1) is 6.07 Å². The second-order valence-electron chi connectivity index (χ2n) is 3.11. The van der Waals surface area contributed by atoms with Crippen molar-refractivity contribution in [1.29, 1.82) is 5.26 Å². The molecule has 0 aliphatic rings. The van der Waals surface area contributed by atoms with E-state index in [2.05, 4.69) is 11.3 Å². The van der Waals surface area contributed by atoms with Crippen LogP contribution in [0.4, 0.5) is 0 Å². The van der Waals surface area contributed by atoms with Crippen LogP contribution in [0.2, 0.25) is 0 Å². The minimum absolute atomic E-state index is 0.208. The molecular weight excluding hydrogens is 200 g/mol. The molecule has 0 spiro atoms. The lowest BCUT2D eigenvalue weighted by Gasteiger charge is -2.14. The standard InChI is InChI=1S/C9H16N2O2S/c1-4-6-8(3)11-14(12,13)9(5-2)7-10/h4,8-9,11H,1,5-6H2,2-3H3. The van der Waals surface area contributed by atoms with Gasteiger partial charge in [0.15, 0.2) is 5.25 Å². The molecule has 0 saturated carbocycles. The van der Waals surface area contributed by atoms with Gasteiger partial charge >= 0.3 is 0 Å². The average molecular weight is 216 g/mol. The summed E-state index contributed by atoms with van der Waals surface area (Å²) in [7, 11) is -3.50. The number of rotatable bonds is 6. The lowest BCUT2D eigenvalue weighted by Crippen LogP contribution is -2.38. The van der Waals surface area contributed by atoms with Gasteiger partial charge in [-0.1, -0.05) is 13.0 Å². The number of nitriles is 1. The van der Waals surface area contributed by atoms with Crippen LogP contribution >= 0.6 is 0 Å². The van der Waals surface area contributed by atoms with Crippen LogP contribution in [0.3, 0.4) is 0 Å². The van der Waals surface area contributed by atoms with Crippen molar-refractivity contribution in [3.63, 3.8) is 0 Å². The van der Waals surface area contributed by atoms with Crippen molar-refractivity contribution in [2.24, 2.45) is 0 Å². The third-order valence-corrected chi connectivity index (χ3v) is 3.69. The molecule has 1 N–H and O–H groups in total. The summed E-state index contributed by atoms with van der Waals surface area (Å²) in [5, 5.41) is 7.65. The Labute approximate surface area is 85.7 Å². The van der Waals surface area contributed by atoms with Crippen molar-refractivity contribution in [3.8, 4) is 6.07 Å². The third kappa shape index (κ3) is 3.90. The summed E-state index contributed by atoms with van der Waals surface area (Å²) in [6.07, 6.45) is 2.49. The van der Waals surface area contributed by atoms with E-state index < -0.39 is 15.3 Å². The number of nitrogens with one attached hydrogen (secondary N) is 1. The Kier molecular flexibility index (Phi) is 5.43. The van der Waals surface area contributed by atoms with Crippen LogP contribution in [-0.2, 0) is 10.0 Å². The zero-order chi connectivity index (χ0) is 11.2. The molecule has 0 rings (SSSR count). The van der Waals surface area contributed by atoms with E-state index in [0.29, 0.717) is 12.8 Å². The molecule has 0 radical (unpaired) electrons. The molecule has 0 amide bonds. The molecule has 0 aliphatic carbocycles. The van der Waals surface area contributed by atoms with Crippen molar-refractivity contribution in [3.05, 3.63) is 12.7 Å². The molecule has 0 saturated heterocycles. The fraction of sp³-hybridized carbons (Fsp3) is 0.667. The number of hydrogen-bond acceptors (Lipinski definition) is 3. The van der Waals surface area contributed by atoms with Gasteiger partial charge in [0.1, 0.15) is 0 Å². The van der Waals surface area contributed by atoms with E-state index in [9.17, 15) is 8.42 Å². The largest absolute Gasteiger partial charge is 0.228 e. The summed E-state index contributed by atoms with van der Waals surface area (Å²) in [6, 6.07) is 1.55. The second-order valence-corrected chi connectivity index (χ2v) is 5.01. The number of nitrogens with zero attached hydrogens (tertiary/aromatic N) is 1. The molecule has 0 aliphatic heterocycles. The van der Waals surface area contributed by atoms with Gasteiger partial charge in [-0.15, -0.1) is 6.58 Å². The molecular formula is C9H16N2O2S. The Morgan fingerprint density at radius 2 is 2.21 bits per heavy atom. The minimum atomic E-state index is -3.50. The summed E-state index contributed by atoms with van der Waals surface area (Å²) in [6.45, 7) is 6.93. The molecule has 0 fully saturated rings. The van der Waals surface area contributed by atoms with E-state index in [0.717, 1.165) is 0 Å². The summed E-state index contributed by atoms with van der Waals surface area (Å²) in [5.74, 6) is 0. The van der Waals surface area contributed by atoms with Crippen molar-refractivity contribution in [2.75, 3.05) is 0 Å². The van der Waals surface area contributed by atoms with Crippen LogP contribution in [0.1, 0.15) is 26.7 Å². The first-order valence-electron chi connectivity index (χ1n) is 4.49. The molecule has 5 heteroatoms. The summed E-state index contributed by atoms with van der Waals surface area (Å²) >= 11 is 0. The van der Waals surface area contributed by atoms with Crippen molar-refractivity contribution < 1.29 is 8.42 Å². The predicted molar refractivity (Wildman–Crippen MR) is 56.0 cm³/mol. The van der Waals surface area contributed by atoms with Crippen LogP contribution in [0.25, 0.3) is 0 Å². The van der Waals surface area contributed by atoms with Gasteiger partial charge in [-0.05, 0) is 19.8 Å². The summed E-state index contributed by atoms with van der Waals surface area (Å²) in [4.78, 5) is 0. The number of sulfonamides is 1. The Morgan fingerprint density at radius 1 is 1.64 bits per heavy atom. The maximum Gasteiger partial charge on any atom is 0.228 e. The quantitative estimate of drug-likeness (QED) is 0.678. The fourth-order valence-corrected chi connectivity index (χ4v) is 2.44. The smallest absolute Gasteiger partial charge is 0.211 e. The lowest BCUT2D eigenvalue weighted by atomic mass is 10.3. The van der Waals surface area contributed by atoms with Crippen molar-refractivity contribution >= 4 is 10.0 Å². The zero-order valence-electron chi connectivity index (χ0n) is 8.53. The van der Waals surface area contributed by atoms with Crippen LogP contribution in [0.5, 0.6) is 0 Å². The molecule has 80 valence electrons. The first-order valence-corrected chi connectivity index (χ1v) is 6.04. The Hall–Kier alpha value is -0.860. The monoisotopic (exact) mass is 216 g/mol. The van der Waals surface area contributed by atoms with Gasteiger partial charge < -0.3 is 0 Å². The van der Waals surface area contributed by atoms with Gasteiger partial charge in [-0.2, -0.15) is 5.26 Å². The maximum atomic E-state index is 11.5. The molecule has 0 aromatic carbocycles. The van der Waals surface area contributed by atoms with Gasteiger partial charge in [-0.3, -0.25) is 0 Å². The molecule has 2 atom stereocenters. The Balaban J connectivity index is 4.49. The van der Waals surface area contributed by atoms with Crippen LogP contribution in [0.15, 0.2) is 12.7 Å². The topological polar surface area (TPSA) is 70.0 Å². The van der Waals surface area contributed by atoms with Crippen molar-refractivity contribution in [2.45, 2.75) is 38.0 Å². The molecule has 2 unspecified atom stereocenters. The normalized spacial score (nSPS) is 15.5. The predicted octanol–water partition coefficient (Wildman–Crippen LogP) is 1.17. The van der Waals surface area contributed by atoms with E-state index in [-0.39, 0.29) is 6.04 Å². The highest BCUT2D eigenvalue weighted by Gasteiger charge is 2.24. The molecule has 0 aromatic heterocycles. The van der Waals surface area contributed by atoms with Gasteiger partial charge in [0.2, 0.25) is 10.0 Å². The first-order chi connectivity index (χ1) is 6.47. The SMILES string of the molecule is C=CCC(C)NS(=O)(=O)C(C#N)CC. The fourth-order valence-electron chi connectivity index (χ4n) is 1.04. The van der Waals surface area contributed by atoms with Crippen LogP contribution < -0.4 is 4.72 Å². The van der Waals surface area contributed by atoms with Crippen LogP contribution in [0, 0.1) is 11.3 Å². The Morgan fingerprint density at radius 3 is 2.57 bits per heavy atom. The molecule has 14 heavy (non-hydrogen) atoms. The minimum Gasteiger partial charge on any atom is -0.211 e. The molecule has 0 bridgehead atoms. The van der Waals surface area contributed by atoms with Gasteiger partial charge in [0.25, 0.3) is 0 Å². The molecule has 4 nitrogen and oxygen atoms in total. The highest BCUT2D eigenvalue weighted by molar-refractivity contribution is 7.90. The van der Waals surface area contributed by atoms with Crippen LogP contribution in [-0.4, -0.2) is 19.7 Å². The van der Waals surface area contributed by atoms with E-state index in [1.165, 1.54) is 0 Å². The summed E-state index contributed by atoms with van der Waals surface area (Å²) < 4.78 is 25.5. The highest BCUT2D eigenvalue weighted by atomic mass is 32.2. The third-order valence-electron chi connectivity index (χ3n) is 1.78. The van der Waals surface area contributed by atoms with Gasteiger partial charge in [-0.25, -0.2) is 13.1 Å². The van der Waals surface area contributed by atoms with E-state index in [4.69, 9.17) is 5.26 Å². The second kappa shape index (κ2) is 5.78. The zero-order valence-corrected chi connectivity index (χ0v) is 9.34. The van der Waals surface area contributed by atoms with E-state index in [1.54, 1.807) is 26.0 Å². The maximum absolute atomic E-state index is 11.5. The van der Waals surface area contributed by atoms with E-state index >= 15 is 0 Å². The van der Waals surface area contributed by atoms with Gasteiger partial charge in [0, 0.05) is 6.04 Å².